The SMILES string of the molecule is O=C(O)C(=O)On1nnc2ccccc21. The van der Waals surface area contributed by atoms with Crippen molar-refractivity contribution in [2.45, 2.75) is 0 Å². The molecule has 0 aliphatic carbocycles. The van der Waals surface area contributed by atoms with E-state index < -0.39 is 11.9 Å². The number of carbonyl (C=O) groups is 2. The molecule has 0 unspecified atom stereocenters. The molecule has 1 aromatic carbocycles. The Morgan fingerprint density at radius 1 is 1.33 bits per heavy atom. The smallest absolute Gasteiger partial charge is 0.443 e. The van der Waals surface area contributed by atoms with Gasteiger partial charge in [0.25, 0.3) is 0 Å². The first-order valence-corrected chi connectivity index (χ1v) is 3.94. The molecule has 76 valence electrons. The molecule has 2 aromatic rings. The zero-order chi connectivity index (χ0) is 10.8. The predicted octanol–water partition coefficient (Wildman–Crippen LogP) is -0.529. The number of carbonyl (C=O) groups excluding carboxylic acids is 1. The fourth-order valence-electron chi connectivity index (χ4n) is 1.03. The zero-order valence-electron chi connectivity index (χ0n) is 7.32. The minimum absolute atomic E-state index is 0.423. The summed E-state index contributed by atoms with van der Waals surface area (Å²) in [5, 5.41) is 15.5. The number of benzene rings is 1. The summed E-state index contributed by atoms with van der Waals surface area (Å²) in [5.74, 6) is -3.10. The lowest BCUT2D eigenvalue weighted by atomic mass is 10.3. The monoisotopic (exact) mass is 207 g/mol. The number of fused-ring (bicyclic) bond motifs is 1. The van der Waals surface area contributed by atoms with E-state index in [4.69, 9.17) is 5.11 Å². The molecule has 15 heavy (non-hydrogen) atoms. The Labute approximate surface area is 82.8 Å². The van der Waals surface area contributed by atoms with Crippen LogP contribution in [0, 0.1) is 0 Å². The van der Waals surface area contributed by atoms with Gasteiger partial charge in [0.1, 0.15) is 11.0 Å². The third kappa shape index (κ3) is 1.62. The van der Waals surface area contributed by atoms with Gasteiger partial charge < -0.3 is 9.94 Å². The van der Waals surface area contributed by atoms with E-state index in [2.05, 4.69) is 15.1 Å². The number of nitrogens with zero attached hydrogens (tertiary/aromatic N) is 3. The molecule has 0 spiro atoms. The molecule has 0 bridgehead atoms. The maximum absolute atomic E-state index is 10.7. The maximum Gasteiger partial charge on any atom is 0.443 e. The van der Waals surface area contributed by atoms with E-state index in [1.165, 1.54) is 0 Å². The van der Waals surface area contributed by atoms with E-state index in [-0.39, 0.29) is 0 Å². The van der Waals surface area contributed by atoms with Crippen LogP contribution < -0.4 is 4.84 Å². The standard InChI is InChI=1S/C8H5N3O4/c12-7(13)8(14)15-11-6-4-2-1-3-5(6)9-10-11/h1-4H,(H,12,13). The normalized spacial score (nSPS) is 10.1. The van der Waals surface area contributed by atoms with E-state index >= 15 is 0 Å². The second-order valence-electron chi connectivity index (χ2n) is 2.63. The molecule has 0 fully saturated rings. The van der Waals surface area contributed by atoms with Crippen molar-refractivity contribution in [1.29, 1.82) is 0 Å². The third-order valence-electron chi connectivity index (χ3n) is 1.67. The summed E-state index contributed by atoms with van der Waals surface area (Å²) >= 11 is 0. The summed E-state index contributed by atoms with van der Waals surface area (Å²) in [5.41, 5.74) is 0.933. The third-order valence-corrected chi connectivity index (χ3v) is 1.67. The van der Waals surface area contributed by atoms with Gasteiger partial charge in [-0.3, -0.25) is 0 Å². The van der Waals surface area contributed by atoms with Gasteiger partial charge >= 0.3 is 11.9 Å². The molecule has 1 heterocycles. The van der Waals surface area contributed by atoms with E-state index in [0.717, 1.165) is 4.85 Å². The van der Waals surface area contributed by atoms with Crippen LogP contribution in [-0.4, -0.2) is 32.2 Å². The van der Waals surface area contributed by atoms with Crippen molar-refractivity contribution in [3.05, 3.63) is 24.3 Å². The molecule has 0 aliphatic heterocycles. The number of aliphatic carboxylic acids is 1. The number of carboxylic acid groups (broad SMARTS) is 1. The predicted molar refractivity (Wildman–Crippen MR) is 46.8 cm³/mol. The van der Waals surface area contributed by atoms with Gasteiger partial charge in [-0.25, -0.2) is 9.59 Å². The summed E-state index contributed by atoms with van der Waals surface area (Å²) in [7, 11) is 0. The van der Waals surface area contributed by atoms with Crippen LogP contribution in [0.15, 0.2) is 24.3 Å². The molecule has 0 saturated heterocycles. The van der Waals surface area contributed by atoms with Gasteiger partial charge in [0, 0.05) is 0 Å². The second kappa shape index (κ2) is 3.37. The molecule has 0 atom stereocenters. The Balaban J connectivity index is 2.37. The van der Waals surface area contributed by atoms with Crippen LogP contribution >= 0.6 is 0 Å². The highest BCUT2D eigenvalue weighted by atomic mass is 16.7. The minimum atomic E-state index is -1.69. The van der Waals surface area contributed by atoms with E-state index in [9.17, 15) is 9.59 Å². The number of carboxylic acids is 1. The summed E-state index contributed by atoms with van der Waals surface area (Å²) in [6.07, 6.45) is 0. The lowest BCUT2D eigenvalue weighted by molar-refractivity contribution is -0.164. The summed E-state index contributed by atoms with van der Waals surface area (Å²) in [4.78, 5) is 26.2. The molecule has 0 saturated carbocycles. The Kier molecular flexibility index (Phi) is 2.05. The second-order valence-corrected chi connectivity index (χ2v) is 2.63. The zero-order valence-corrected chi connectivity index (χ0v) is 7.32. The van der Waals surface area contributed by atoms with Gasteiger partial charge in [-0.2, -0.15) is 0 Å². The molecular formula is C8H5N3O4. The maximum atomic E-state index is 10.7. The molecule has 7 heteroatoms. The van der Waals surface area contributed by atoms with Crippen LogP contribution in [0.1, 0.15) is 0 Å². The van der Waals surface area contributed by atoms with Gasteiger partial charge in [0.15, 0.2) is 0 Å². The first-order chi connectivity index (χ1) is 7.18. The van der Waals surface area contributed by atoms with Gasteiger partial charge in [-0.15, -0.1) is 5.10 Å². The largest absolute Gasteiger partial charge is 0.473 e. The Morgan fingerprint density at radius 2 is 2.07 bits per heavy atom. The van der Waals surface area contributed by atoms with Crippen LogP contribution in [-0.2, 0) is 9.59 Å². The van der Waals surface area contributed by atoms with Crippen LogP contribution in [0.4, 0.5) is 0 Å². The number of hydrogen-bond donors (Lipinski definition) is 1. The fourth-order valence-corrected chi connectivity index (χ4v) is 1.03. The van der Waals surface area contributed by atoms with Crippen molar-refractivity contribution < 1.29 is 19.5 Å². The van der Waals surface area contributed by atoms with Crippen LogP contribution in [0.25, 0.3) is 11.0 Å². The van der Waals surface area contributed by atoms with Crippen molar-refractivity contribution in [3.63, 3.8) is 0 Å². The van der Waals surface area contributed by atoms with Crippen LogP contribution in [0.3, 0.4) is 0 Å². The van der Waals surface area contributed by atoms with Crippen LogP contribution in [0.5, 0.6) is 0 Å². The average Bonchev–Trinajstić information content (AvgIpc) is 2.62. The van der Waals surface area contributed by atoms with Gasteiger partial charge in [0.2, 0.25) is 0 Å². The Hall–Kier alpha value is -2.44. The van der Waals surface area contributed by atoms with Gasteiger partial charge in [-0.1, -0.05) is 17.0 Å². The summed E-state index contributed by atoms with van der Waals surface area (Å²) in [6.45, 7) is 0. The van der Waals surface area contributed by atoms with Crippen LogP contribution in [0.2, 0.25) is 0 Å². The highest BCUT2D eigenvalue weighted by Gasteiger charge is 2.16. The van der Waals surface area contributed by atoms with Gasteiger partial charge in [-0.05, 0) is 17.3 Å². The number of aromatic nitrogens is 3. The highest BCUT2D eigenvalue weighted by molar-refractivity contribution is 6.28. The molecule has 0 aliphatic rings. The van der Waals surface area contributed by atoms with E-state index in [1.807, 2.05) is 0 Å². The first-order valence-electron chi connectivity index (χ1n) is 3.94. The summed E-state index contributed by atoms with van der Waals surface area (Å²) < 4.78 is 0. The van der Waals surface area contributed by atoms with Crippen molar-refractivity contribution in [2.75, 3.05) is 0 Å². The number of para-hydroxylation sites is 1. The molecule has 0 amide bonds. The van der Waals surface area contributed by atoms with Crippen molar-refractivity contribution >= 4 is 23.0 Å². The van der Waals surface area contributed by atoms with Gasteiger partial charge in [0.05, 0.1) is 0 Å². The minimum Gasteiger partial charge on any atom is -0.473 e. The number of hydrogen-bond acceptors (Lipinski definition) is 5. The highest BCUT2D eigenvalue weighted by Crippen LogP contribution is 2.07. The van der Waals surface area contributed by atoms with E-state index in [1.54, 1.807) is 24.3 Å². The topological polar surface area (TPSA) is 94.3 Å². The fraction of sp³-hybridized carbons (Fsp3) is 0. The van der Waals surface area contributed by atoms with Crippen molar-refractivity contribution in [3.8, 4) is 0 Å². The Morgan fingerprint density at radius 3 is 2.80 bits per heavy atom. The van der Waals surface area contributed by atoms with Crippen molar-refractivity contribution in [2.24, 2.45) is 0 Å². The summed E-state index contributed by atoms with van der Waals surface area (Å²) in [6, 6.07) is 6.69. The molecule has 2 rings (SSSR count). The first kappa shape index (κ1) is 9.13. The lowest BCUT2D eigenvalue weighted by Gasteiger charge is -1.98. The Bertz CT molecular complexity index is 533. The molecule has 7 nitrogen and oxygen atoms in total. The molecule has 1 N–H and O–H groups in total. The molecule has 1 aromatic heterocycles. The lowest BCUT2D eigenvalue weighted by Crippen LogP contribution is -2.27. The molecule has 0 radical (unpaired) electrons. The average molecular weight is 207 g/mol. The molecular weight excluding hydrogens is 202 g/mol. The van der Waals surface area contributed by atoms with E-state index in [0.29, 0.717) is 11.0 Å². The quantitative estimate of drug-likeness (QED) is 0.499. The number of rotatable bonds is 1. The van der Waals surface area contributed by atoms with Crippen molar-refractivity contribution in [1.82, 2.24) is 15.2 Å².